The van der Waals surface area contributed by atoms with Crippen molar-refractivity contribution >= 4 is 41.4 Å². The molecule has 5 heteroatoms. The molecule has 0 rings (SSSR count). The maximum Gasteiger partial charge on any atom is 0.00297 e. The molecule has 38 valence electrons. The van der Waals surface area contributed by atoms with Crippen LogP contribution in [0.25, 0.3) is 0 Å². The molecule has 0 aromatic rings. The number of hydrogen-bond acceptors (Lipinski definition) is 5. The third-order valence-corrected chi connectivity index (χ3v) is 5.15. The Morgan fingerprint density at radius 1 is 1.33 bits per heavy atom. The maximum absolute atomic E-state index is 5.06. The van der Waals surface area contributed by atoms with Crippen molar-refractivity contribution in [2.45, 2.75) is 0 Å². The van der Waals surface area contributed by atoms with Gasteiger partial charge >= 0.3 is 0 Å². The number of nitrogens with two attached hydrogens (primary N) is 1. The summed E-state index contributed by atoms with van der Waals surface area (Å²) in [6.07, 6.45) is 2.02. The highest BCUT2D eigenvalue weighted by molar-refractivity contribution is 9.25. The van der Waals surface area contributed by atoms with Gasteiger partial charge in [0.05, 0.1) is 0 Å². The summed E-state index contributed by atoms with van der Waals surface area (Å²) in [5, 5.41) is 5.06. The summed E-state index contributed by atoms with van der Waals surface area (Å²) in [5.74, 6) is 0. The molecule has 0 saturated carbocycles. The molecule has 0 heterocycles. The molecule has 0 amide bonds. The Morgan fingerprint density at radius 3 is 2.17 bits per heavy atom. The molecule has 0 unspecified atom stereocenters. The summed E-state index contributed by atoms with van der Waals surface area (Å²) in [4.78, 5) is 0. The van der Waals surface area contributed by atoms with Gasteiger partial charge in [0.1, 0.15) is 0 Å². The van der Waals surface area contributed by atoms with E-state index in [2.05, 4.69) is 0 Å². The zero-order valence-electron chi connectivity index (χ0n) is 3.21. The summed E-state index contributed by atoms with van der Waals surface area (Å²) < 4.78 is 0. The number of rotatable bonds is 3. The minimum Gasteiger partial charge on any atom is -0.268 e. The summed E-state index contributed by atoms with van der Waals surface area (Å²) in [6, 6.07) is 0. The highest BCUT2D eigenvalue weighted by Gasteiger charge is 1.77. The van der Waals surface area contributed by atoms with Crippen molar-refractivity contribution in [2.75, 3.05) is 6.26 Å². The van der Waals surface area contributed by atoms with Crippen molar-refractivity contribution in [3.05, 3.63) is 0 Å². The van der Waals surface area contributed by atoms with E-state index in [4.69, 9.17) is 5.14 Å². The first-order chi connectivity index (χ1) is 2.91. The van der Waals surface area contributed by atoms with Crippen molar-refractivity contribution in [1.29, 1.82) is 0 Å². The quantitative estimate of drug-likeness (QED) is 0.387. The second-order valence-corrected chi connectivity index (χ2v) is 6.04. The average Bonchev–Trinajstić information content (AvgIpc) is 1.61. The van der Waals surface area contributed by atoms with Gasteiger partial charge in [-0.1, -0.05) is 10.8 Å². The molecule has 1 nitrogen and oxygen atoms in total. The van der Waals surface area contributed by atoms with Gasteiger partial charge in [0.25, 0.3) is 0 Å². The smallest absolute Gasteiger partial charge is 0.00297 e. The van der Waals surface area contributed by atoms with E-state index in [1.165, 1.54) is 11.0 Å². The third-order valence-electron chi connectivity index (χ3n) is 0.135. The average molecular weight is 159 g/mol. The SMILES string of the molecule is CSSSSN. The van der Waals surface area contributed by atoms with E-state index in [0.29, 0.717) is 0 Å². The largest absolute Gasteiger partial charge is 0.268 e. The van der Waals surface area contributed by atoms with E-state index in [1.54, 1.807) is 30.4 Å². The molecule has 2 N–H and O–H groups in total. The number of hydrogen-bond donors (Lipinski definition) is 1. The first-order valence-electron chi connectivity index (χ1n) is 1.14. The molecule has 0 spiro atoms. The Hall–Kier alpha value is 1.36. The molecule has 0 bridgehead atoms. The predicted molar refractivity (Wildman–Crippen MR) is 40.5 cm³/mol. The van der Waals surface area contributed by atoms with Gasteiger partial charge in [-0.3, -0.25) is 5.14 Å². The molecule has 0 aromatic carbocycles. The van der Waals surface area contributed by atoms with Crippen molar-refractivity contribution in [3.63, 3.8) is 0 Å². The van der Waals surface area contributed by atoms with Crippen LogP contribution in [0, 0.1) is 0 Å². The molecule has 0 fully saturated rings. The molecule has 6 heavy (non-hydrogen) atoms. The first-order valence-corrected chi connectivity index (χ1v) is 6.43. The van der Waals surface area contributed by atoms with E-state index in [-0.39, 0.29) is 0 Å². The lowest BCUT2D eigenvalue weighted by atomic mass is 12.0. The molecule has 0 atom stereocenters. The highest BCUT2D eigenvalue weighted by atomic mass is 33.7. The van der Waals surface area contributed by atoms with Gasteiger partial charge in [-0.15, -0.1) is 0 Å². The van der Waals surface area contributed by atoms with Crippen LogP contribution in [0.3, 0.4) is 0 Å². The van der Waals surface area contributed by atoms with Crippen LogP contribution in [0.2, 0.25) is 0 Å². The van der Waals surface area contributed by atoms with Crippen molar-refractivity contribution in [3.8, 4) is 0 Å². The van der Waals surface area contributed by atoms with E-state index in [0.717, 1.165) is 0 Å². The summed E-state index contributed by atoms with van der Waals surface area (Å²) in [5.41, 5.74) is 0. The van der Waals surface area contributed by atoms with Gasteiger partial charge in [-0.2, -0.15) is 0 Å². The first kappa shape index (κ1) is 7.36. The second-order valence-electron chi connectivity index (χ2n) is 0.399. The topological polar surface area (TPSA) is 26.0 Å². The summed E-state index contributed by atoms with van der Waals surface area (Å²) >= 11 is 0. The molecule has 0 saturated heterocycles. The lowest BCUT2D eigenvalue weighted by Gasteiger charge is -1.84. The molecule has 0 aliphatic heterocycles. The normalized spacial score (nSPS) is 9.00. The van der Waals surface area contributed by atoms with Crippen molar-refractivity contribution < 1.29 is 0 Å². The zero-order chi connectivity index (χ0) is 4.83. The molecular formula is CH5NS4. The molecule has 0 aliphatic rings. The van der Waals surface area contributed by atoms with Gasteiger partial charge in [0.2, 0.25) is 0 Å². The molecule has 0 aliphatic carbocycles. The third kappa shape index (κ3) is 5.36. The molecular weight excluding hydrogens is 154 g/mol. The van der Waals surface area contributed by atoms with Crippen LogP contribution in [0.5, 0.6) is 0 Å². The fourth-order valence-electron chi connectivity index (χ4n) is 0.0438. The monoisotopic (exact) mass is 159 g/mol. The van der Waals surface area contributed by atoms with Gasteiger partial charge in [0.15, 0.2) is 0 Å². The van der Waals surface area contributed by atoms with Crippen molar-refractivity contribution in [1.82, 2.24) is 0 Å². The Labute approximate surface area is 52.9 Å². The zero-order valence-corrected chi connectivity index (χ0v) is 6.48. The standard InChI is InChI=1S/CH5NS4/c1-3-5-6-4-2/h2H2,1H3. The summed E-state index contributed by atoms with van der Waals surface area (Å²) in [6.45, 7) is 0. The fraction of sp³-hybridized carbons (Fsp3) is 1.00. The van der Waals surface area contributed by atoms with Gasteiger partial charge in [-0.25, -0.2) is 0 Å². The molecule has 0 radical (unpaired) electrons. The van der Waals surface area contributed by atoms with E-state index < -0.39 is 0 Å². The van der Waals surface area contributed by atoms with Crippen LogP contribution in [-0.4, -0.2) is 6.26 Å². The lowest BCUT2D eigenvalue weighted by molar-refractivity contribution is 2.07. The minimum atomic E-state index is 1.28. The van der Waals surface area contributed by atoms with Crippen LogP contribution in [0.15, 0.2) is 0 Å². The van der Waals surface area contributed by atoms with Crippen LogP contribution >= 0.6 is 41.4 Å². The van der Waals surface area contributed by atoms with Gasteiger partial charge in [0, 0.05) is 9.83 Å². The Kier molecular flexibility index (Phi) is 7.80. The highest BCUT2D eigenvalue weighted by Crippen LogP contribution is 2.37. The van der Waals surface area contributed by atoms with Crippen LogP contribution in [0.1, 0.15) is 0 Å². The minimum absolute atomic E-state index is 1.28. The lowest BCUT2D eigenvalue weighted by Crippen LogP contribution is -1.62. The summed E-state index contributed by atoms with van der Waals surface area (Å²) in [7, 11) is 6.25. The van der Waals surface area contributed by atoms with Crippen molar-refractivity contribution in [2.24, 2.45) is 5.14 Å². The molecule has 0 aromatic heterocycles. The predicted octanol–water partition coefficient (Wildman–Crippen LogP) is 2.17. The maximum atomic E-state index is 5.06. The van der Waals surface area contributed by atoms with Gasteiger partial charge in [-0.05, 0) is 27.1 Å². The van der Waals surface area contributed by atoms with E-state index in [9.17, 15) is 0 Å². The Morgan fingerprint density at radius 2 is 2.00 bits per heavy atom. The van der Waals surface area contributed by atoms with E-state index >= 15 is 0 Å². The van der Waals surface area contributed by atoms with Crippen LogP contribution < -0.4 is 5.14 Å². The van der Waals surface area contributed by atoms with Crippen LogP contribution in [0.4, 0.5) is 0 Å². The second kappa shape index (κ2) is 6.36. The van der Waals surface area contributed by atoms with E-state index in [1.807, 2.05) is 6.26 Å². The fourth-order valence-corrected chi connectivity index (χ4v) is 3.55. The van der Waals surface area contributed by atoms with Gasteiger partial charge < -0.3 is 0 Å². The Balaban J connectivity index is 2.34. The van der Waals surface area contributed by atoms with Crippen LogP contribution in [-0.2, 0) is 0 Å². The Bertz CT molecular complexity index is 19.5.